The first kappa shape index (κ1) is 19.2. The van der Waals surface area contributed by atoms with Gasteiger partial charge in [0.05, 0.1) is 6.54 Å². The predicted octanol–water partition coefficient (Wildman–Crippen LogP) is 2.58. The van der Waals surface area contributed by atoms with Gasteiger partial charge in [0.2, 0.25) is 0 Å². The number of benzene rings is 1. The second-order valence-electron chi connectivity index (χ2n) is 5.59. The molecule has 0 fully saturated rings. The summed E-state index contributed by atoms with van der Waals surface area (Å²) in [6.45, 7) is -0.0456. The van der Waals surface area contributed by atoms with Crippen LogP contribution < -0.4 is 10.2 Å². The SMILES string of the molecule is CN(C)c1ccc(/C=C(/C#N)C(=O)OCC(=O)NCc2cccs2)cc1. The molecular weight excluding hydrogens is 350 g/mol. The van der Waals surface area contributed by atoms with Gasteiger partial charge in [0.25, 0.3) is 5.91 Å². The third-order valence-corrected chi connectivity index (χ3v) is 4.31. The molecule has 6 nitrogen and oxygen atoms in total. The molecule has 0 saturated heterocycles. The molecule has 1 N–H and O–H groups in total. The lowest BCUT2D eigenvalue weighted by atomic mass is 10.1. The third kappa shape index (κ3) is 5.76. The largest absolute Gasteiger partial charge is 0.451 e. The van der Waals surface area contributed by atoms with E-state index in [4.69, 9.17) is 10.00 Å². The lowest BCUT2D eigenvalue weighted by molar-refractivity contribution is -0.144. The molecule has 7 heteroatoms. The summed E-state index contributed by atoms with van der Waals surface area (Å²) in [5, 5.41) is 13.7. The predicted molar refractivity (Wildman–Crippen MR) is 101 cm³/mol. The van der Waals surface area contributed by atoms with Gasteiger partial charge < -0.3 is 15.0 Å². The number of nitriles is 1. The Kier molecular flexibility index (Phi) is 6.94. The molecular formula is C19H19N3O3S. The number of rotatable bonds is 7. The van der Waals surface area contributed by atoms with Crippen LogP contribution in [0, 0.1) is 11.3 Å². The van der Waals surface area contributed by atoms with Gasteiger partial charge in [-0.15, -0.1) is 11.3 Å². The molecule has 0 bridgehead atoms. The number of hydrogen-bond donors (Lipinski definition) is 1. The van der Waals surface area contributed by atoms with Crippen LogP contribution in [-0.2, 0) is 20.9 Å². The summed E-state index contributed by atoms with van der Waals surface area (Å²) in [5.74, 6) is -1.24. The maximum atomic E-state index is 12.0. The first-order valence-corrected chi connectivity index (χ1v) is 8.73. The first-order chi connectivity index (χ1) is 12.5. The number of ether oxygens (including phenoxy) is 1. The Balaban J connectivity index is 1.89. The molecule has 1 amide bonds. The molecule has 2 aromatic rings. The van der Waals surface area contributed by atoms with Crippen molar-refractivity contribution < 1.29 is 14.3 Å². The van der Waals surface area contributed by atoms with Gasteiger partial charge >= 0.3 is 5.97 Å². The number of thiophene rings is 1. The second kappa shape index (κ2) is 9.39. The van der Waals surface area contributed by atoms with Crippen molar-refractivity contribution in [1.82, 2.24) is 5.32 Å². The Hall–Kier alpha value is -3.11. The van der Waals surface area contributed by atoms with Crippen molar-refractivity contribution >= 4 is 35.0 Å². The van der Waals surface area contributed by atoms with Crippen LogP contribution in [0.3, 0.4) is 0 Å². The molecule has 0 atom stereocenters. The number of amides is 1. The van der Waals surface area contributed by atoms with E-state index in [1.807, 2.05) is 54.7 Å². The van der Waals surface area contributed by atoms with Gasteiger partial charge in [-0.3, -0.25) is 4.79 Å². The van der Waals surface area contributed by atoms with Crippen molar-refractivity contribution in [3.05, 3.63) is 57.8 Å². The van der Waals surface area contributed by atoms with Gasteiger partial charge in [0.15, 0.2) is 6.61 Å². The van der Waals surface area contributed by atoms with E-state index in [9.17, 15) is 9.59 Å². The minimum atomic E-state index is -0.824. The average Bonchev–Trinajstić information content (AvgIpc) is 3.16. The van der Waals surface area contributed by atoms with Gasteiger partial charge in [-0.05, 0) is 35.2 Å². The van der Waals surface area contributed by atoms with Gasteiger partial charge in [-0.2, -0.15) is 5.26 Å². The fraction of sp³-hybridized carbons (Fsp3) is 0.211. The highest BCUT2D eigenvalue weighted by molar-refractivity contribution is 7.09. The quantitative estimate of drug-likeness (QED) is 0.461. The van der Waals surface area contributed by atoms with E-state index < -0.39 is 18.5 Å². The van der Waals surface area contributed by atoms with Gasteiger partial charge in [-0.1, -0.05) is 18.2 Å². The Morgan fingerprint density at radius 1 is 1.27 bits per heavy atom. The van der Waals surface area contributed by atoms with Crippen LogP contribution in [-0.4, -0.2) is 32.6 Å². The molecule has 0 spiro atoms. The number of anilines is 1. The van der Waals surface area contributed by atoms with Gasteiger partial charge in [-0.25, -0.2) is 4.79 Å². The van der Waals surface area contributed by atoms with Crippen molar-refractivity contribution in [2.45, 2.75) is 6.54 Å². The van der Waals surface area contributed by atoms with E-state index in [0.29, 0.717) is 12.1 Å². The Morgan fingerprint density at radius 3 is 2.58 bits per heavy atom. The monoisotopic (exact) mass is 369 g/mol. The summed E-state index contributed by atoms with van der Waals surface area (Å²) >= 11 is 1.52. The van der Waals surface area contributed by atoms with E-state index in [0.717, 1.165) is 10.6 Å². The van der Waals surface area contributed by atoms with Gasteiger partial charge in [0.1, 0.15) is 11.6 Å². The van der Waals surface area contributed by atoms with Gasteiger partial charge in [0, 0.05) is 24.7 Å². The average molecular weight is 369 g/mol. The molecule has 0 aliphatic carbocycles. The number of carbonyl (C=O) groups excluding carboxylic acids is 2. The smallest absolute Gasteiger partial charge is 0.349 e. The molecule has 1 heterocycles. The maximum Gasteiger partial charge on any atom is 0.349 e. The van der Waals surface area contributed by atoms with E-state index in [1.165, 1.54) is 17.4 Å². The number of nitrogens with one attached hydrogen (secondary N) is 1. The van der Waals surface area contributed by atoms with Crippen LogP contribution in [0.1, 0.15) is 10.4 Å². The summed E-state index contributed by atoms with van der Waals surface area (Å²) in [6, 6.07) is 13.0. The zero-order chi connectivity index (χ0) is 18.9. The highest BCUT2D eigenvalue weighted by Gasteiger charge is 2.13. The van der Waals surface area contributed by atoms with Crippen molar-refractivity contribution in [3.8, 4) is 6.07 Å². The molecule has 134 valence electrons. The minimum Gasteiger partial charge on any atom is -0.451 e. The Morgan fingerprint density at radius 2 is 2.00 bits per heavy atom. The zero-order valence-electron chi connectivity index (χ0n) is 14.6. The van der Waals surface area contributed by atoms with E-state index in [-0.39, 0.29) is 5.57 Å². The standard InChI is InChI=1S/C19H19N3O3S/c1-22(2)16-7-5-14(6-8-16)10-15(11-20)19(24)25-13-18(23)21-12-17-4-3-9-26-17/h3-10H,12-13H2,1-2H3,(H,21,23)/b15-10-. The van der Waals surface area contributed by atoms with Crippen LogP contribution in [0.15, 0.2) is 47.4 Å². The fourth-order valence-electron chi connectivity index (χ4n) is 2.03. The van der Waals surface area contributed by atoms with Crippen molar-refractivity contribution in [2.24, 2.45) is 0 Å². The number of esters is 1. The first-order valence-electron chi connectivity index (χ1n) is 7.85. The lowest BCUT2D eigenvalue weighted by Gasteiger charge is -2.11. The fourth-order valence-corrected chi connectivity index (χ4v) is 2.68. The third-order valence-electron chi connectivity index (χ3n) is 3.44. The molecule has 0 saturated carbocycles. The summed E-state index contributed by atoms with van der Waals surface area (Å²) in [5.41, 5.74) is 1.55. The maximum absolute atomic E-state index is 12.0. The molecule has 26 heavy (non-hydrogen) atoms. The van der Waals surface area contributed by atoms with Crippen LogP contribution in [0.2, 0.25) is 0 Å². The summed E-state index contributed by atoms with van der Waals surface area (Å²) in [6.07, 6.45) is 1.44. The molecule has 0 aliphatic heterocycles. The van der Waals surface area contributed by atoms with E-state index >= 15 is 0 Å². The molecule has 0 radical (unpaired) electrons. The van der Waals surface area contributed by atoms with Crippen molar-refractivity contribution in [2.75, 3.05) is 25.6 Å². The van der Waals surface area contributed by atoms with Crippen molar-refractivity contribution in [1.29, 1.82) is 5.26 Å². The van der Waals surface area contributed by atoms with Crippen LogP contribution >= 0.6 is 11.3 Å². The normalized spacial score (nSPS) is 10.7. The Bertz CT molecular complexity index is 819. The molecule has 2 rings (SSSR count). The number of hydrogen-bond acceptors (Lipinski definition) is 6. The lowest BCUT2D eigenvalue weighted by Crippen LogP contribution is -2.28. The topological polar surface area (TPSA) is 82.4 Å². The van der Waals surface area contributed by atoms with Crippen LogP contribution in [0.25, 0.3) is 6.08 Å². The zero-order valence-corrected chi connectivity index (χ0v) is 15.4. The highest BCUT2D eigenvalue weighted by atomic mass is 32.1. The summed E-state index contributed by atoms with van der Waals surface area (Å²) in [4.78, 5) is 26.7. The highest BCUT2D eigenvalue weighted by Crippen LogP contribution is 2.15. The minimum absolute atomic E-state index is 0.159. The van der Waals surface area contributed by atoms with E-state index in [1.54, 1.807) is 12.1 Å². The molecule has 1 aromatic heterocycles. The summed E-state index contributed by atoms with van der Waals surface area (Å²) < 4.78 is 4.91. The molecule has 0 aliphatic rings. The number of carbonyl (C=O) groups is 2. The van der Waals surface area contributed by atoms with E-state index in [2.05, 4.69) is 5.32 Å². The molecule has 0 unspecified atom stereocenters. The van der Waals surface area contributed by atoms with Crippen LogP contribution in [0.5, 0.6) is 0 Å². The Labute approximate surface area is 156 Å². The van der Waals surface area contributed by atoms with Crippen molar-refractivity contribution in [3.63, 3.8) is 0 Å². The van der Waals surface area contributed by atoms with Crippen LogP contribution in [0.4, 0.5) is 5.69 Å². The molecule has 1 aromatic carbocycles. The summed E-state index contributed by atoms with van der Waals surface area (Å²) in [7, 11) is 3.85. The number of nitrogens with zero attached hydrogens (tertiary/aromatic N) is 2. The second-order valence-corrected chi connectivity index (χ2v) is 6.62.